The normalized spacial score (nSPS) is 22.5. The number of benzene rings is 2. The molecule has 3 N–H and O–H groups in total. The van der Waals surface area contributed by atoms with Gasteiger partial charge >= 0.3 is 0 Å². The van der Waals surface area contributed by atoms with Crippen LogP contribution >= 0.6 is 0 Å². The third-order valence-electron chi connectivity index (χ3n) is 5.41. The van der Waals surface area contributed by atoms with E-state index < -0.39 is 6.10 Å². The summed E-state index contributed by atoms with van der Waals surface area (Å²) in [6.07, 6.45) is -0.486. The molecule has 0 radical (unpaired) electrons. The Labute approximate surface area is 154 Å². The number of aliphatic hydroxyl groups is 1. The van der Waals surface area contributed by atoms with E-state index in [9.17, 15) is 5.11 Å². The van der Waals surface area contributed by atoms with Crippen molar-refractivity contribution in [3.8, 4) is 11.1 Å². The molecule has 1 aliphatic heterocycles. The van der Waals surface area contributed by atoms with Gasteiger partial charge in [0, 0.05) is 11.1 Å². The quantitative estimate of drug-likeness (QED) is 0.527. The lowest BCUT2D eigenvalue weighted by molar-refractivity contribution is -1.00. The number of aliphatic hydroxyl groups excluding tert-OH is 1. The standard InChI is InChI=1S/C21H25N3O2/c1-23-10-12-24(13-11-23)14-16(25)15-26-22-21-19-8-4-2-6-17(19)18-7-3-5-9-20(18)21/h2-9,16,25H,10-15H2,1H3/p+2/t16-/m1/s1. The summed E-state index contributed by atoms with van der Waals surface area (Å²) in [5.41, 5.74) is 5.43. The van der Waals surface area contributed by atoms with E-state index in [0.29, 0.717) is 0 Å². The highest BCUT2D eigenvalue weighted by Gasteiger charge is 2.25. The minimum absolute atomic E-state index is 0.236. The third kappa shape index (κ3) is 3.51. The fourth-order valence-electron chi connectivity index (χ4n) is 3.91. The Bertz CT molecular complexity index is 750. The van der Waals surface area contributed by atoms with Crippen molar-refractivity contribution in [2.75, 3.05) is 46.4 Å². The first-order chi connectivity index (χ1) is 12.7. The van der Waals surface area contributed by atoms with Crippen molar-refractivity contribution in [3.05, 3.63) is 59.7 Å². The van der Waals surface area contributed by atoms with Crippen LogP contribution < -0.4 is 9.80 Å². The average molecular weight is 353 g/mol. The number of fused-ring (bicyclic) bond motifs is 3. The Morgan fingerprint density at radius 3 is 2.04 bits per heavy atom. The topological polar surface area (TPSA) is 50.7 Å². The largest absolute Gasteiger partial charge is 0.392 e. The second-order valence-electron chi connectivity index (χ2n) is 7.39. The Hall–Kier alpha value is -2.21. The van der Waals surface area contributed by atoms with Gasteiger partial charge in [0.25, 0.3) is 0 Å². The molecule has 5 heteroatoms. The van der Waals surface area contributed by atoms with Gasteiger partial charge in [-0.15, -0.1) is 0 Å². The monoisotopic (exact) mass is 353 g/mol. The molecule has 0 spiro atoms. The zero-order valence-corrected chi connectivity index (χ0v) is 15.2. The highest BCUT2D eigenvalue weighted by molar-refractivity contribution is 6.24. The van der Waals surface area contributed by atoms with Crippen molar-refractivity contribution >= 4 is 5.71 Å². The van der Waals surface area contributed by atoms with Gasteiger partial charge < -0.3 is 19.7 Å². The molecule has 1 saturated heterocycles. The van der Waals surface area contributed by atoms with Gasteiger partial charge in [-0.25, -0.2) is 0 Å². The van der Waals surface area contributed by atoms with Gasteiger partial charge in [-0.3, -0.25) is 0 Å². The number of oxime groups is 1. The van der Waals surface area contributed by atoms with Crippen LogP contribution in [0.4, 0.5) is 0 Å². The fraction of sp³-hybridized carbons (Fsp3) is 0.381. The smallest absolute Gasteiger partial charge is 0.148 e. The van der Waals surface area contributed by atoms with Gasteiger partial charge in [0.2, 0.25) is 0 Å². The molecule has 0 unspecified atom stereocenters. The highest BCUT2D eigenvalue weighted by atomic mass is 16.6. The van der Waals surface area contributed by atoms with E-state index in [1.54, 1.807) is 4.90 Å². The van der Waals surface area contributed by atoms with Crippen molar-refractivity contribution in [1.29, 1.82) is 0 Å². The SMILES string of the molecule is C[NH+]1CC[NH+](C[C@@H](O)CON=C2c3ccccc3-c3ccccc32)CC1. The van der Waals surface area contributed by atoms with Crippen LogP contribution in [-0.4, -0.2) is 63.3 Å². The average Bonchev–Trinajstić information content (AvgIpc) is 2.98. The minimum atomic E-state index is -0.486. The van der Waals surface area contributed by atoms with Crippen LogP contribution in [0.25, 0.3) is 11.1 Å². The van der Waals surface area contributed by atoms with Crippen LogP contribution in [0, 0.1) is 0 Å². The Balaban J connectivity index is 1.41. The van der Waals surface area contributed by atoms with E-state index in [1.807, 2.05) is 24.3 Å². The van der Waals surface area contributed by atoms with Crippen molar-refractivity contribution in [2.45, 2.75) is 6.10 Å². The maximum absolute atomic E-state index is 10.3. The Morgan fingerprint density at radius 1 is 0.923 bits per heavy atom. The highest BCUT2D eigenvalue weighted by Crippen LogP contribution is 2.36. The molecular weight excluding hydrogens is 326 g/mol. The zero-order chi connectivity index (χ0) is 17.9. The molecule has 1 aliphatic carbocycles. The third-order valence-corrected chi connectivity index (χ3v) is 5.41. The van der Waals surface area contributed by atoms with Gasteiger partial charge in [-0.05, 0) is 11.1 Å². The molecule has 0 aromatic heterocycles. The molecule has 136 valence electrons. The molecule has 0 saturated carbocycles. The van der Waals surface area contributed by atoms with Crippen molar-refractivity contribution in [2.24, 2.45) is 5.16 Å². The van der Waals surface area contributed by atoms with Crippen LogP contribution in [0.15, 0.2) is 53.7 Å². The fourth-order valence-corrected chi connectivity index (χ4v) is 3.91. The second kappa shape index (κ2) is 7.58. The van der Waals surface area contributed by atoms with Gasteiger partial charge in [-0.2, -0.15) is 0 Å². The Kier molecular flexibility index (Phi) is 5.02. The first kappa shape index (κ1) is 17.2. The molecule has 1 heterocycles. The number of nitrogens with zero attached hydrogens (tertiary/aromatic N) is 1. The van der Waals surface area contributed by atoms with Crippen LogP contribution in [0.1, 0.15) is 11.1 Å². The molecule has 1 fully saturated rings. The van der Waals surface area contributed by atoms with Crippen molar-refractivity contribution in [3.63, 3.8) is 0 Å². The summed E-state index contributed by atoms with van der Waals surface area (Å²) in [5, 5.41) is 14.7. The summed E-state index contributed by atoms with van der Waals surface area (Å²) in [7, 11) is 2.23. The summed E-state index contributed by atoms with van der Waals surface area (Å²) in [5.74, 6) is 0. The van der Waals surface area contributed by atoms with Gasteiger partial charge in [-0.1, -0.05) is 53.7 Å². The minimum Gasteiger partial charge on any atom is -0.392 e. The van der Waals surface area contributed by atoms with Gasteiger partial charge in [0.15, 0.2) is 0 Å². The molecule has 2 aromatic rings. The van der Waals surface area contributed by atoms with Crippen molar-refractivity contribution < 1.29 is 19.7 Å². The van der Waals surface area contributed by atoms with Gasteiger partial charge in [0.05, 0.1) is 7.05 Å². The predicted molar refractivity (Wildman–Crippen MR) is 102 cm³/mol. The van der Waals surface area contributed by atoms with E-state index in [-0.39, 0.29) is 6.61 Å². The number of nitrogens with one attached hydrogen (secondary N) is 2. The van der Waals surface area contributed by atoms with Crippen LogP contribution in [-0.2, 0) is 4.84 Å². The summed E-state index contributed by atoms with van der Waals surface area (Å²) in [6, 6.07) is 16.5. The van der Waals surface area contributed by atoms with Crippen LogP contribution in [0.5, 0.6) is 0 Å². The van der Waals surface area contributed by atoms with E-state index in [1.165, 1.54) is 29.1 Å². The molecule has 2 aromatic carbocycles. The lowest BCUT2D eigenvalue weighted by Crippen LogP contribution is -3.27. The summed E-state index contributed by atoms with van der Waals surface area (Å²) >= 11 is 0. The van der Waals surface area contributed by atoms with Crippen LogP contribution in [0.2, 0.25) is 0 Å². The molecule has 26 heavy (non-hydrogen) atoms. The number of hydrogen-bond donors (Lipinski definition) is 3. The lowest BCUT2D eigenvalue weighted by atomic mass is 10.1. The van der Waals surface area contributed by atoms with E-state index in [2.05, 4.69) is 36.5 Å². The predicted octanol–water partition coefficient (Wildman–Crippen LogP) is -0.790. The maximum atomic E-state index is 10.3. The van der Waals surface area contributed by atoms with E-state index >= 15 is 0 Å². The lowest BCUT2D eigenvalue weighted by Gasteiger charge is -2.28. The summed E-state index contributed by atoms with van der Waals surface area (Å²) < 4.78 is 0. The molecule has 0 amide bonds. The number of hydrogen-bond acceptors (Lipinski definition) is 3. The van der Waals surface area contributed by atoms with Gasteiger partial charge in [0.1, 0.15) is 51.1 Å². The van der Waals surface area contributed by atoms with E-state index in [4.69, 9.17) is 4.84 Å². The molecule has 0 bridgehead atoms. The summed E-state index contributed by atoms with van der Waals surface area (Å²) in [4.78, 5) is 8.60. The number of piperazine rings is 1. The molecule has 1 atom stereocenters. The Morgan fingerprint density at radius 2 is 1.46 bits per heavy atom. The van der Waals surface area contributed by atoms with E-state index in [0.717, 1.165) is 36.5 Å². The number of quaternary nitrogens is 2. The second-order valence-corrected chi connectivity index (χ2v) is 7.39. The molecule has 5 nitrogen and oxygen atoms in total. The summed E-state index contributed by atoms with van der Waals surface area (Å²) in [6.45, 7) is 5.51. The number of rotatable bonds is 5. The van der Waals surface area contributed by atoms with Crippen LogP contribution in [0.3, 0.4) is 0 Å². The zero-order valence-electron chi connectivity index (χ0n) is 15.2. The van der Waals surface area contributed by atoms with Crippen molar-refractivity contribution in [1.82, 2.24) is 0 Å². The molecule has 2 aliphatic rings. The number of likely N-dealkylation sites (N-methyl/N-ethyl adjacent to an activating group) is 1. The first-order valence-corrected chi connectivity index (χ1v) is 9.44. The molecule has 4 rings (SSSR count). The molecular formula is C21H27N3O2+2. The first-order valence-electron chi connectivity index (χ1n) is 9.44. The maximum Gasteiger partial charge on any atom is 0.148 e.